The molecule has 1 aliphatic rings. The molecule has 4 aromatic heterocycles. The standard InChI is InChI=1S/C19H14N6O2/c26-18-13-9-11(1-4-14(13)20-10-21-18)17-16(22-19-24(17)7-8-27-19)15-5-6-25(23-15)12-2-3-12/h1,4-10,12H,2-3H2,(H,20,21,26). The molecule has 1 aliphatic carbocycles. The third-order valence-electron chi connectivity index (χ3n) is 4.95. The average Bonchev–Trinajstić information content (AvgIpc) is 3.09. The van der Waals surface area contributed by atoms with Crippen molar-refractivity contribution in [2.75, 3.05) is 0 Å². The van der Waals surface area contributed by atoms with Crippen LogP contribution in [0, 0.1) is 0 Å². The third-order valence-corrected chi connectivity index (χ3v) is 4.95. The lowest BCUT2D eigenvalue weighted by atomic mass is 10.1. The van der Waals surface area contributed by atoms with Crippen LogP contribution in [0.25, 0.3) is 39.4 Å². The lowest BCUT2D eigenvalue weighted by Gasteiger charge is -2.04. The summed E-state index contributed by atoms with van der Waals surface area (Å²) in [6.45, 7) is 0. The molecule has 8 heteroatoms. The number of hydrogen-bond donors (Lipinski definition) is 1. The maximum atomic E-state index is 12.2. The molecule has 1 saturated carbocycles. The van der Waals surface area contributed by atoms with Crippen LogP contribution >= 0.6 is 0 Å². The van der Waals surface area contributed by atoms with Gasteiger partial charge in [-0.3, -0.25) is 13.9 Å². The Morgan fingerprint density at radius 1 is 1.19 bits per heavy atom. The minimum Gasteiger partial charge on any atom is -0.432 e. The predicted molar refractivity (Wildman–Crippen MR) is 98.3 cm³/mol. The van der Waals surface area contributed by atoms with Crippen molar-refractivity contribution in [1.82, 2.24) is 29.1 Å². The van der Waals surface area contributed by atoms with Crippen molar-refractivity contribution in [2.24, 2.45) is 0 Å². The molecule has 4 heterocycles. The van der Waals surface area contributed by atoms with E-state index in [1.54, 1.807) is 6.26 Å². The topological polar surface area (TPSA) is 94.0 Å². The first-order valence-electron chi connectivity index (χ1n) is 8.77. The summed E-state index contributed by atoms with van der Waals surface area (Å²) in [5.41, 5.74) is 3.68. The van der Waals surface area contributed by atoms with Gasteiger partial charge in [0, 0.05) is 18.0 Å². The van der Waals surface area contributed by atoms with Gasteiger partial charge in [-0.15, -0.1) is 0 Å². The summed E-state index contributed by atoms with van der Waals surface area (Å²) in [5.74, 6) is 0.487. The van der Waals surface area contributed by atoms with E-state index in [-0.39, 0.29) is 5.56 Å². The molecule has 1 fully saturated rings. The van der Waals surface area contributed by atoms with Crippen LogP contribution in [0.4, 0.5) is 0 Å². The zero-order valence-corrected chi connectivity index (χ0v) is 14.2. The summed E-state index contributed by atoms with van der Waals surface area (Å²) in [7, 11) is 0. The van der Waals surface area contributed by atoms with Crippen LogP contribution < -0.4 is 5.56 Å². The molecule has 8 nitrogen and oxygen atoms in total. The van der Waals surface area contributed by atoms with Gasteiger partial charge in [0.15, 0.2) is 0 Å². The molecule has 0 atom stereocenters. The lowest BCUT2D eigenvalue weighted by Crippen LogP contribution is -2.06. The van der Waals surface area contributed by atoms with Gasteiger partial charge in [-0.2, -0.15) is 10.1 Å². The van der Waals surface area contributed by atoms with Crippen molar-refractivity contribution in [3.05, 3.63) is 59.6 Å². The molecule has 0 spiro atoms. The van der Waals surface area contributed by atoms with Crippen molar-refractivity contribution in [2.45, 2.75) is 18.9 Å². The molecule has 1 N–H and O–H groups in total. The zero-order chi connectivity index (χ0) is 18.0. The van der Waals surface area contributed by atoms with Gasteiger partial charge in [-0.1, -0.05) is 6.07 Å². The molecule has 0 unspecified atom stereocenters. The maximum Gasteiger partial charge on any atom is 0.306 e. The Balaban J connectivity index is 1.61. The molecule has 5 aromatic rings. The van der Waals surface area contributed by atoms with Crippen molar-refractivity contribution in [3.8, 4) is 22.6 Å². The van der Waals surface area contributed by atoms with Crippen molar-refractivity contribution < 1.29 is 4.42 Å². The fourth-order valence-electron chi connectivity index (χ4n) is 3.46. The Hall–Kier alpha value is -3.68. The van der Waals surface area contributed by atoms with Gasteiger partial charge in [0.1, 0.15) is 17.7 Å². The molecule has 132 valence electrons. The van der Waals surface area contributed by atoms with Gasteiger partial charge < -0.3 is 9.40 Å². The first-order chi connectivity index (χ1) is 13.3. The number of nitrogens with zero attached hydrogens (tertiary/aromatic N) is 5. The van der Waals surface area contributed by atoms with E-state index in [9.17, 15) is 4.79 Å². The van der Waals surface area contributed by atoms with Gasteiger partial charge >= 0.3 is 5.84 Å². The molecular weight excluding hydrogens is 344 g/mol. The Bertz CT molecular complexity index is 1370. The van der Waals surface area contributed by atoms with Gasteiger partial charge in [-0.25, -0.2) is 4.98 Å². The fraction of sp³-hybridized carbons (Fsp3) is 0.158. The van der Waals surface area contributed by atoms with Crippen LogP contribution in [0.2, 0.25) is 0 Å². The molecular formula is C19H14N6O2. The SMILES string of the molecule is O=c1[nH]cnc2ccc(-c3c(-c4ccn(C5CC5)n4)nc4occn34)cc12. The van der Waals surface area contributed by atoms with E-state index in [2.05, 4.69) is 15.0 Å². The number of rotatable bonds is 3. The van der Waals surface area contributed by atoms with Crippen LogP contribution in [0.5, 0.6) is 0 Å². The number of aromatic nitrogens is 6. The Kier molecular flexibility index (Phi) is 2.77. The van der Waals surface area contributed by atoms with E-state index in [0.717, 1.165) is 22.6 Å². The lowest BCUT2D eigenvalue weighted by molar-refractivity contribution is 0.596. The van der Waals surface area contributed by atoms with Crippen molar-refractivity contribution in [1.29, 1.82) is 0 Å². The third kappa shape index (κ3) is 2.16. The minimum atomic E-state index is -0.172. The zero-order valence-electron chi connectivity index (χ0n) is 14.2. The van der Waals surface area contributed by atoms with Crippen LogP contribution in [-0.4, -0.2) is 29.1 Å². The molecule has 0 radical (unpaired) electrons. The number of hydrogen-bond acceptors (Lipinski definition) is 5. The highest BCUT2D eigenvalue weighted by Crippen LogP contribution is 2.37. The van der Waals surface area contributed by atoms with E-state index >= 15 is 0 Å². The van der Waals surface area contributed by atoms with Crippen LogP contribution in [0.15, 0.2) is 58.5 Å². The highest BCUT2D eigenvalue weighted by atomic mass is 16.3. The quantitative estimate of drug-likeness (QED) is 0.535. The summed E-state index contributed by atoms with van der Waals surface area (Å²) < 4.78 is 9.36. The minimum absolute atomic E-state index is 0.172. The van der Waals surface area contributed by atoms with Crippen LogP contribution in [0.3, 0.4) is 0 Å². The fourth-order valence-corrected chi connectivity index (χ4v) is 3.46. The Morgan fingerprint density at radius 3 is 3.00 bits per heavy atom. The largest absolute Gasteiger partial charge is 0.432 e. The summed E-state index contributed by atoms with van der Waals surface area (Å²) >= 11 is 0. The smallest absolute Gasteiger partial charge is 0.306 e. The van der Waals surface area contributed by atoms with E-state index in [1.165, 1.54) is 19.2 Å². The second-order valence-electron chi connectivity index (χ2n) is 6.74. The molecule has 6 rings (SSSR count). The molecule has 1 aromatic carbocycles. The Morgan fingerprint density at radius 2 is 2.11 bits per heavy atom. The van der Waals surface area contributed by atoms with Crippen molar-refractivity contribution in [3.63, 3.8) is 0 Å². The van der Waals surface area contributed by atoms with E-state index in [1.807, 2.05) is 45.7 Å². The summed E-state index contributed by atoms with van der Waals surface area (Å²) in [4.78, 5) is 23.7. The summed E-state index contributed by atoms with van der Waals surface area (Å²) in [5, 5.41) is 5.23. The van der Waals surface area contributed by atoms with E-state index < -0.39 is 0 Å². The molecule has 0 saturated heterocycles. The van der Waals surface area contributed by atoms with Crippen molar-refractivity contribution >= 4 is 16.7 Å². The number of nitrogens with one attached hydrogen (secondary N) is 1. The van der Waals surface area contributed by atoms with E-state index in [4.69, 9.17) is 9.52 Å². The average molecular weight is 358 g/mol. The monoisotopic (exact) mass is 358 g/mol. The Labute approximate surface area is 152 Å². The maximum absolute atomic E-state index is 12.2. The number of oxazole rings is 1. The van der Waals surface area contributed by atoms with Gasteiger partial charge in [-0.05, 0) is 31.0 Å². The normalized spacial score (nSPS) is 14.4. The molecule has 0 bridgehead atoms. The summed E-state index contributed by atoms with van der Waals surface area (Å²) in [6, 6.07) is 8.08. The summed E-state index contributed by atoms with van der Waals surface area (Å²) in [6.07, 6.45) is 9.14. The number of H-pyrrole nitrogens is 1. The number of aromatic amines is 1. The van der Waals surface area contributed by atoms with Gasteiger partial charge in [0.25, 0.3) is 5.56 Å². The predicted octanol–water partition coefficient (Wildman–Crippen LogP) is 3.03. The van der Waals surface area contributed by atoms with E-state index in [0.29, 0.717) is 22.8 Å². The highest BCUT2D eigenvalue weighted by Gasteiger charge is 2.26. The molecule has 27 heavy (non-hydrogen) atoms. The van der Waals surface area contributed by atoms with Crippen LogP contribution in [0.1, 0.15) is 18.9 Å². The van der Waals surface area contributed by atoms with Gasteiger partial charge in [0.2, 0.25) is 0 Å². The number of benzene rings is 1. The van der Waals surface area contributed by atoms with Crippen LogP contribution in [-0.2, 0) is 0 Å². The highest BCUT2D eigenvalue weighted by molar-refractivity contribution is 5.87. The first kappa shape index (κ1) is 14.5. The van der Waals surface area contributed by atoms with Gasteiger partial charge in [0.05, 0.1) is 29.0 Å². The molecule has 0 amide bonds. The second-order valence-corrected chi connectivity index (χ2v) is 6.74. The second kappa shape index (κ2) is 5.16. The number of imidazole rings is 1. The number of fused-ring (bicyclic) bond motifs is 2. The molecule has 0 aliphatic heterocycles. The first-order valence-corrected chi connectivity index (χ1v) is 8.77.